The number of aliphatic hydroxyl groups excluding tert-OH is 1. The van der Waals surface area contributed by atoms with Crippen molar-refractivity contribution in [2.24, 2.45) is 0 Å². The Morgan fingerprint density at radius 2 is 1.95 bits per heavy atom. The van der Waals surface area contributed by atoms with Crippen molar-refractivity contribution in [2.45, 2.75) is 11.0 Å². The van der Waals surface area contributed by atoms with E-state index in [0.29, 0.717) is 0 Å². The lowest BCUT2D eigenvalue weighted by atomic mass is 10.1. The summed E-state index contributed by atoms with van der Waals surface area (Å²) >= 11 is 0. The van der Waals surface area contributed by atoms with Crippen LogP contribution in [0.4, 0.5) is 0 Å². The Balaban J connectivity index is 2.61. The molecule has 0 spiro atoms. The second-order valence-corrected chi connectivity index (χ2v) is 5.93. The van der Waals surface area contributed by atoms with E-state index in [-0.39, 0.29) is 28.8 Å². The van der Waals surface area contributed by atoms with E-state index >= 15 is 0 Å². The highest BCUT2D eigenvalue weighted by molar-refractivity contribution is 7.90. The zero-order valence-corrected chi connectivity index (χ0v) is 11.1. The molecule has 1 aliphatic heterocycles. The number of methoxy groups -OCH3 is 1. The van der Waals surface area contributed by atoms with Crippen molar-refractivity contribution in [2.75, 3.05) is 20.2 Å². The molecule has 0 fully saturated rings. The first-order valence-corrected chi connectivity index (χ1v) is 7.13. The average Bonchev–Trinajstić information content (AvgIpc) is 2.81. The smallest absolute Gasteiger partial charge is 0.339 e. The van der Waals surface area contributed by atoms with Crippen LogP contribution >= 0.6 is 0 Å². The molecule has 1 unspecified atom stereocenters. The predicted octanol–water partition coefficient (Wildman–Crippen LogP) is 0.0252. The summed E-state index contributed by atoms with van der Waals surface area (Å²) in [5, 5.41) is 9.83. The van der Waals surface area contributed by atoms with Gasteiger partial charge < -0.3 is 19.3 Å². The van der Waals surface area contributed by atoms with Gasteiger partial charge in [-0.05, 0) is 6.07 Å². The minimum atomic E-state index is -3.65. The maximum absolute atomic E-state index is 11.7. The van der Waals surface area contributed by atoms with Gasteiger partial charge in [0.2, 0.25) is 6.79 Å². The van der Waals surface area contributed by atoms with Crippen LogP contribution in [-0.2, 0) is 19.4 Å². The summed E-state index contributed by atoms with van der Waals surface area (Å²) in [6.07, 6.45) is -0.734. The van der Waals surface area contributed by atoms with Crippen LogP contribution in [0.25, 0.3) is 0 Å². The van der Waals surface area contributed by atoms with E-state index in [2.05, 4.69) is 4.74 Å². The first kappa shape index (κ1) is 13.6. The molecule has 1 aliphatic rings. The summed E-state index contributed by atoms with van der Waals surface area (Å²) in [5.74, 6) is -0.435. The number of carbonyl (C=O) groups is 1. The van der Waals surface area contributed by atoms with E-state index in [1.165, 1.54) is 12.1 Å². The molecule has 1 atom stereocenters. The quantitative estimate of drug-likeness (QED) is 0.783. The van der Waals surface area contributed by atoms with Gasteiger partial charge in [0.05, 0.1) is 12.0 Å². The highest BCUT2D eigenvalue weighted by atomic mass is 32.2. The Morgan fingerprint density at radius 3 is 2.47 bits per heavy atom. The van der Waals surface area contributed by atoms with Gasteiger partial charge in [0.15, 0.2) is 27.4 Å². The second kappa shape index (κ2) is 4.71. The van der Waals surface area contributed by atoms with Crippen LogP contribution in [-0.4, -0.2) is 39.7 Å². The Morgan fingerprint density at radius 1 is 1.37 bits per heavy atom. The summed E-state index contributed by atoms with van der Waals surface area (Å²) in [6.45, 7) is -0.0453. The number of carbonyl (C=O) groups excluding carboxylic acids is 1. The molecule has 0 bridgehead atoms. The van der Waals surface area contributed by atoms with Crippen molar-refractivity contribution in [3.05, 3.63) is 17.7 Å². The third-order valence-electron chi connectivity index (χ3n) is 2.62. The second-order valence-electron chi connectivity index (χ2n) is 3.94. The fourth-order valence-corrected chi connectivity index (χ4v) is 2.63. The van der Waals surface area contributed by atoms with Crippen LogP contribution in [0.1, 0.15) is 11.7 Å². The number of hydrogen-bond acceptors (Lipinski definition) is 7. The SMILES string of the molecule is COC(=O)C(O)c1cc2c(cc1S(C)(=O)=O)OCO2. The Hall–Kier alpha value is -1.80. The molecule has 2 rings (SSSR count). The van der Waals surface area contributed by atoms with Gasteiger partial charge in [-0.2, -0.15) is 0 Å². The Bertz CT molecular complexity index is 620. The van der Waals surface area contributed by atoms with Crippen LogP contribution in [0.2, 0.25) is 0 Å². The van der Waals surface area contributed by atoms with Crippen molar-refractivity contribution in [1.29, 1.82) is 0 Å². The monoisotopic (exact) mass is 288 g/mol. The molecular formula is C11H12O7S. The molecule has 104 valence electrons. The normalized spacial score (nSPS) is 15.1. The molecular weight excluding hydrogens is 276 g/mol. The number of aliphatic hydroxyl groups is 1. The van der Waals surface area contributed by atoms with Crippen LogP contribution in [0.5, 0.6) is 11.5 Å². The fourth-order valence-electron chi connectivity index (χ4n) is 1.71. The number of fused-ring (bicyclic) bond motifs is 1. The molecule has 0 saturated carbocycles. The Labute approximate surface area is 109 Å². The molecule has 0 aliphatic carbocycles. The number of benzene rings is 1. The summed E-state index contributed by atoms with van der Waals surface area (Å²) in [6, 6.07) is 2.49. The molecule has 7 nitrogen and oxygen atoms in total. The molecule has 1 N–H and O–H groups in total. The van der Waals surface area contributed by atoms with E-state index in [0.717, 1.165) is 13.4 Å². The first-order valence-electron chi connectivity index (χ1n) is 5.24. The van der Waals surface area contributed by atoms with Crippen LogP contribution in [0.3, 0.4) is 0 Å². The van der Waals surface area contributed by atoms with Crippen LogP contribution in [0, 0.1) is 0 Å². The minimum Gasteiger partial charge on any atom is -0.467 e. The van der Waals surface area contributed by atoms with E-state index in [1.54, 1.807) is 0 Å². The number of rotatable bonds is 3. The predicted molar refractivity (Wildman–Crippen MR) is 62.7 cm³/mol. The zero-order chi connectivity index (χ0) is 14.2. The lowest BCUT2D eigenvalue weighted by molar-refractivity contribution is -0.150. The van der Waals surface area contributed by atoms with Gasteiger partial charge in [-0.1, -0.05) is 0 Å². The number of hydrogen-bond donors (Lipinski definition) is 1. The molecule has 1 aromatic carbocycles. The van der Waals surface area contributed by atoms with Crippen molar-refractivity contribution < 1.29 is 32.5 Å². The van der Waals surface area contributed by atoms with Gasteiger partial charge >= 0.3 is 5.97 Å². The first-order chi connectivity index (χ1) is 8.84. The molecule has 1 aromatic rings. The van der Waals surface area contributed by atoms with Gasteiger partial charge in [-0.25, -0.2) is 13.2 Å². The number of esters is 1. The maximum atomic E-state index is 11.7. The highest BCUT2D eigenvalue weighted by Gasteiger charge is 2.29. The summed E-state index contributed by atoms with van der Waals surface area (Å²) in [5.41, 5.74) is -0.0985. The molecule has 0 amide bonds. The minimum absolute atomic E-state index is 0.0453. The molecule has 0 aromatic heterocycles. The lowest BCUT2D eigenvalue weighted by Gasteiger charge is -2.13. The van der Waals surface area contributed by atoms with Gasteiger partial charge in [0, 0.05) is 17.9 Å². The lowest BCUT2D eigenvalue weighted by Crippen LogP contribution is -2.16. The number of sulfone groups is 1. The van der Waals surface area contributed by atoms with E-state index in [1.807, 2.05) is 0 Å². The molecule has 1 heterocycles. The average molecular weight is 288 g/mol. The van der Waals surface area contributed by atoms with Gasteiger partial charge in [-0.3, -0.25) is 0 Å². The van der Waals surface area contributed by atoms with Crippen molar-refractivity contribution in [3.8, 4) is 11.5 Å². The van der Waals surface area contributed by atoms with Gasteiger partial charge in [0.25, 0.3) is 0 Å². The summed E-state index contributed by atoms with van der Waals surface area (Å²) < 4.78 is 38.0. The number of ether oxygens (including phenoxy) is 3. The summed E-state index contributed by atoms with van der Waals surface area (Å²) in [4.78, 5) is 11.2. The third-order valence-corrected chi connectivity index (χ3v) is 3.78. The maximum Gasteiger partial charge on any atom is 0.339 e. The van der Waals surface area contributed by atoms with Crippen molar-refractivity contribution in [1.82, 2.24) is 0 Å². The fraction of sp³-hybridized carbons (Fsp3) is 0.364. The third kappa shape index (κ3) is 2.49. The van der Waals surface area contributed by atoms with E-state index in [4.69, 9.17) is 9.47 Å². The standard InChI is InChI=1S/C11H12O7S/c1-16-11(13)10(12)6-3-7-8(18-5-17-7)4-9(6)19(2,14)15/h3-4,10,12H,5H2,1-2H3. The molecule has 0 radical (unpaired) electrons. The summed E-state index contributed by atoms with van der Waals surface area (Å²) in [7, 11) is -2.55. The van der Waals surface area contributed by atoms with Gasteiger partial charge in [0.1, 0.15) is 0 Å². The Kier molecular flexibility index (Phi) is 3.38. The molecule has 8 heteroatoms. The van der Waals surface area contributed by atoms with Gasteiger partial charge in [-0.15, -0.1) is 0 Å². The van der Waals surface area contributed by atoms with Crippen LogP contribution in [0.15, 0.2) is 17.0 Å². The highest BCUT2D eigenvalue weighted by Crippen LogP contribution is 2.38. The van der Waals surface area contributed by atoms with Crippen LogP contribution < -0.4 is 9.47 Å². The zero-order valence-electron chi connectivity index (χ0n) is 10.2. The van der Waals surface area contributed by atoms with E-state index < -0.39 is 21.9 Å². The topological polar surface area (TPSA) is 99.1 Å². The van der Waals surface area contributed by atoms with E-state index in [9.17, 15) is 18.3 Å². The molecule has 19 heavy (non-hydrogen) atoms. The van der Waals surface area contributed by atoms with Crippen molar-refractivity contribution in [3.63, 3.8) is 0 Å². The molecule has 0 saturated heterocycles. The largest absolute Gasteiger partial charge is 0.467 e. The van der Waals surface area contributed by atoms with Crippen molar-refractivity contribution >= 4 is 15.8 Å².